The average Bonchev–Trinajstić information content (AvgIpc) is 2.86. The number of halogens is 2. The summed E-state index contributed by atoms with van der Waals surface area (Å²) in [7, 11) is 4.08. The largest absolute Gasteiger partial charge is 1.00 e. The zero-order chi connectivity index (χ0) is 26.0. The van der Waals surface area contributed by atoms with Crippen LogP contribution in [0.2, 0.25) is 0 Å². The number of benzene rings is 2. The maximum atomic E-state index is 12.1. The van der Waals surface area contributed by atoms with Crippen LogP contribution in [0.4, 0.5) is 0 Å². The van der Waals surface area contributed by atoms with E-state index in [-0.39, 0.29) is 42.4 Å². The quantitative estimate of drug-likeness (QED) is 0.0894. The van der Waals surface area contributed by atoms with Gasteiger partial charge in [-0.15, -0.1) is 0 Å². The van der Waals surface area contributed by atoms with Crippen LogP contribution in [-0.2, 0) is 19.1 Å². The number of nitrogens with two attached hydrogens (primary N) is 1. The molecule has 2 aromatic rings. The van der Waals surface area contributed by atoms with Crippen LogP contribution in [0.15, 0.2) is 41.5 Å². The Morgan fingerprint density at radius 1 is 0.921 bits per heavy atom. The van der Waals surface area contributed by atoms with Crippen LogP contribution in [0.5, 0.6) is 5.75 Å². The summed E-state index contributed by atoms with van der Waals surface area (Å²) in [6, 6.07) is 11.2. The minimum Gasteiger partial charge on any atom is -1.00 e. The molecule has 0 aromatic heterocycles. The van der Waals surface area contributed by atoms with Crippen molar-refractivity contribution >= 4 is 28.8 Å². The van der Waals surface area contributed by atoms with Gasteiger partial charge in [-0.05, 0) is 16.8 Å². The Morgan fingerprint density at radius 2 is 1.45 bits per heavy atom. The number of ether oxygens (including phenoxy) is 2. The number of hydrazine groups is 1. The van der Waals surface area contributed by atoms with Crippen LogP contribution in [0.25, 0.3) is 10.8 Å². The number of likely N-dealkylation sites (N-methyl/N-ethyl adjacent to an activating group) is 2. The van der Waals surface area contributed by atoms with Crippen molar-refractivity contribution in [3.63, 3.8) is 0 Å². The Kier molecular flexibility index (Phi) is 13.9. The number of phenols is 1. The van der Waals surface area contributed by atoms with Crippen molar-refractivity contribution < 1.29 is 57.9 Å². The molecule has 5 N–H and O–H groups in total. The summed E-state index contributed by atoms with van der Waals surface area (Å²) < 4.78 is 11.9. The number of amides is 2. The number of hydrogen-bond donors (Lipinski definition) is 4. The lowest BCUT2D eigenvalue weighted by Gasteiger charge is -2.36. The monoisotopic (exact) mass is 572 g/mol. The normalized spacial score (nSPS) is 17.8. The van der Waals surface area contributed by atoms with Crippen LogP contribution in [0.1, 0.15) is 5.56 Å². The molecule has 0 saturated carbocycles. The molecule has 2 aliphatic rings. The lowest BCUT2D eigenvalue weighted by Crippen LogP contribution is -3.00. The first-order valence-corrected chi connectivity index (χ1v) is 12.1. The molecule has 13 heteroatoms. The molecule has 0 aliphatic carbocycles. The van der Waals surface area contributed by atoms with Crippen molar-refractivity contribution in [2.45, 2.75) is 0 Å². The van der Waals surface area contributed by atoms with Gasteiger partial charge in [0.05, 0.1) is 46.7 Å². The van der Waals surface area contributed by atoms with Crippen LogP contribution in [0, 0.1) is 0 Å². The van der Waals surface area contributed by atoms with Crippen molar-refractivity contribution in [2.24, 2.45) is 10.9 Å². The molecule has 212 valence electrons. The molecule has 0 unspecified atom stereocenters. The molecule has 11 nitrogen and oxygen atoms in total. The summed E-state index contributed by atoms with van der Waals surface area (Å²) in [5.74, 6) is 4.89. The van der Waals surface area contributed by atoms with Gasteiger partial charge in [-0.3, -0.25) is 15.0 Å². The fourth-order valence-corrected chi connectivity index (χ4v) is 4.25. The highest BCUT2D eigenvalue weighted by Crippen LogP contribution is 2.25. The van der Waals surface area contributed by atoms with E-state index in [0.717, 1.165) is 54.6 Å². The van der Waals surface area contributed by atoms with Gasteiger partial charge in [0, 0.05) is 5.56 Å². The minimum absolute atomic E-state index is 0. The minimum atomic E-state index is -0.143. The summed E-state index contributed by atoms with van der Waals surface area (Å²) in [6.07, 6.45) is 1.49. The van der Waals surface area contributed by atoms with Crippen molar-refractivity contribution in [1.29, 1.82) is 0 Å². The maximum Gasteiger partial charge on any atom is 0.295 e. The highest BCUT2D eigenvalue weighted by molar-refractivity contribution is 6.02. The summed E-state index contributed by atoms with van der Waals surface area (Å²) in [5.41, 5.74) is 5.30. The third-order valence-corrected chi connectivity index (χ3v) is 6.64. The molecule has 2 saturated heterocycles. The van der Waals surface area contributed by atoms with Gasteiger partial charge in [-0.1, -0.05) is 30.3 Å². The number of fused-ring (bicyclic) bond motifs is 1. The molecule has 38 heavy (non-hydrogen) atoms. The van der Waals surface area contributed by atoms with Crippen molar-refractivity contribution in [3.05, 3.63) is 42.0 Å². The van der Waals surface area contributed by atoms with Gasteiger partial charge in [-0.25, -0.2) is 11.3 Å². The van der Waals surface area contributed by atoms with Gasteiger partial charge in [0.15, 0.2) is 13.1 Å². The second-order valence-electron chi connectivity index (χ2n) is 9.75. The molecular formula is C25H38Cl2N6O5. The van der Waals surface area contributed by atoms with Gasteiger partial charge in [0.2, 0.25) is 0 Å². The fourth-order valence-electron chi connectivity index (χ4n) is 4.25. The average molecular weight is 574 g/mol. The van der Waals surface area contributed by atoms with Gasteiger partial charge < -0.3 is 48.4 Å². The summed E-state index contributed by atoms with van der Waals surface area (Å²) in [5, 5.41) is 16.0. The van der Waals surface area contributed by atoms with E-state index in [4.69, 9.17) is 15.3 Å². The Morgan fingerprint density at radius 3 is 2.00 bits per heavy atom. The first-order chi connectivity index (χ1) is 17.2. The van der Waals surface area contributed by atoms with Crippen LogP contribution in [0.3, 0.4) is 0 Å². The molecule has 0 radical (unpaired) electrons. The molecule has 2 aromatic carbocycles. The Bertz CT molecular complexity index is 1080. The van der Waals surface area contributed by atoms with Gasteiger partial charge in [-0.2, -0.15) is 5.10 Å². The molecular weight excluding hydrogens is 535 g/mol. The Balaban J connectivity index is 0.000000441. The number of nitrogens with zero attached hydrogens (tertiary/aromatic N) is 3. The van der Waals surface area contributed by atoms with E-state index in [1.165, 1.54) is 6.21 Å². The number of phenolic OH excluding ortho intramolecular Hbond substituents is 1. The second-order valence-corrected chi connectivity index (χ2v) is 9.75. The van der Waals surface area contributed by atoms with Crippen molar-refractivity contribution in [3.8, 4) is 5.75 Å². The Labute approximate surface area is 235 Å². The smallest absolute Gasteiger partial charge is 0.295 e. The molecule has 0 atom stereocenters. The van der Waals surface area contributed by atoms with E-state index < -0.39 is 0 Å². The van der Waals surface area contributed by atoms with E-state index in [1.54, 1.807) is 6.07 Å². The number of morpholine rings is 2. The number of hydrogen-bond acceptors (Lipinski definition) is 7. The molecule has 2 fully saturated rings. The molecule has 2 amide bonds. The zero-order valence-electron chi connectivity index (χ0n) is 21.9. The van der Waals surface area contributed by atoms with E-state index in [0.29, 0.717) is 36.3 Å². The van der Waals surface area contributed by atoms with Gasteiger partial charge >= 0.3 is 0 Å². The van der Waals surface area contributed by atoms with Crippen LogP contribution in [-0.4, -0.2) is 112 Å². The Hall–Kier alpha value is -2.51. The number of quaternary nitrogens is 2. The van der Waals surface area contributed by atoms with Crippen LogP contribution >= 0.6 is 0 Å². The fraction of sp³-hybridized carbons (Fsp3) is 0.480. The van der Waals surface area contributed by atoms with Crippen LogP contribution < -0.4 is 41.5 Å². The third-order valence-electron chi connectivity index (χ3n) is 6.64. The zero-order valence-corrected chi connectivity index (χ0v) is 23.4. The summed E-state index contributed by atoms with van der Waals surface area (Å²) in [4.78, 5) is 23.1. The predicted molar refractivity (Wildman–Crippen MR) is 137 cm³/mol. The SMILES string of the molecule is C[N+]1(CC(=O)NN)CCOCC1.C[N+]1(CC(=O)NN=Cc2c(O)ccc3ccccc23)CCOCC1.[Cl-].[Cl-]. The number of carbonyl (C=O) groups excluding carboxylic acids is 2. The lowest BCUT2D eigenvalue weighted by molar-refractivity contribution is -0.909. The first kappa shape index (κ1) is 33.5. The topological polar surface area (TPSA) is 135 Å². The maximum absolute atomic E-state index is 12.1. The number of aromatic hydroxyl groups is 1. The van der Waals surface area contributed by atoms with E-state index in [9.17, 15) is 14.7 Å². The lowest BCUT2D eigenvalue weighted by atomic mass is 10.0. The molecule has 0 bridgehead atoms. The highest BCUT2D eigenvalue weighted by Gasteiger charge is 2.28. The van der Waals surface area contributed by atoms with E-state index in [2.05, 4.69) is 16.0 Å². The van der Waals surface area contributed by atoms with Crippen molar-refractivity contribution in [2.75, 3.05) is 79.8 Å². The predicted octanol–water partition coefficient (Wildman–Crippen LogP) is -6.07. The summed E-state index contributed by atoms with van der Waals surface area (Å²) in [6.45, 7) is 7.03. The molecule has 0 spiro atoms. The number of rotatable bonds is 6. The highest BCUT2D eigenvalue weighted by atomic mass is 35.5. The van der Waals surface area contributed by atoms with Gasteiger partial charge in [0.1, 0.15) is 31.9 Å². The van der Waals surface area contributed by atoms with E-state index in [1.807, 2.05) is 44.4 Å². The molecule has 2 aliphatic heterocycles. The van der Waals surface area contributed by atoms with Gasteiger partial charge in [0.25, 0.3) is 11.8 Å². The number of nitrogens with one attached hydrogen (secondary N) is 2. The first-order valence-electron chi connectivity index (χ1n) is 12.1. The molecule has 4 rings (SSSR count). The number of carbonyl (C=O) groups is 2. The number of hydrazone groups is 1. The standard InChI is InChI=1S/C18H21N3O3.C7H15N3O2.2ClH/c1-21(8-10-24-11-9-21)13-18(23)20-19-12-16-15-5-3-2-4-14(15)6-7-17(16)22;1-10(6-7(11)9-8)2-4-12-5-3-10;;/h2-7,12H,8-11,13H2,1H3,(H-,19,20,22,23);2-6,8H2,1H3;2*1H. The summed E-state index contributed by atoms with van der Waals surface area (Å²) >= 11 is 0. The molecule has 2 heterocycles. The van der Waals surface area contributed by atoms with Crippen molar-refractivity contribution in [1.82, 2.24) is 10.9 Å². The second kappa shape index (κ2) is 15.8. The van der Waals surface area contributed by atoms with E-state index >= 15 is 0 Å². The third kappa shape index (κ3) is 9.99.